The highest BCUT2D eigenvalue weighted by molar-refractivity contribution is 7.89. The number of nitrogens with zero attached hydrogens (tertiary/aromatic N) is 3. The molecule has 3 rings (SSSR count). The van der Waals surface area contributed by atoms with Gasteiger partial charge in [0, 0.05) is 25.7 Å². The number of aromatic nitrogens is 1. The van der Waals surface area contributed by atoms with Crippen LogP contribution in [0.15, 0.2) is 33.7 Å². The Kier molecular flexibility index (Phi) is 4.50. The van der Waals surface area contributed by atoms with E-state index in [0.717, 1.165) is 5.56 Å². The highest BCUT2D eigenvalue weighted by Crippen LogP contribution is 2.30. The second-order valence-electron chi connectivity index (χ2n) is 6.42. The second-order valence-corrected chi connectivity index (χ2v) is 8.30. The molecule has 0 radical (unpaired) electrons. The van der Waals surface area contributed by atoms with Gasteiger partial charge in [-0.3, -0.25) is 4.90 Å². The maximum Gasteiger partial charge on any atom is 0.248 e. The molecule has 1 aliphatic rings. The quantitative estimate of drug-likeness (QED) is 0.850. The Morgan fingerprint density at radius 3 is 2.38 bits per heavy atom. The van der Waals surface area contributed by atoms with Crippen molar-refractivity contribution in [2.75, 3.05) is 26.7 Å². The predicted molar refractivity (Wildman–Crippen MR) is 91.3 cm³/mol. The summed E-state index contributed by atoms with van der Waals surface area (Å²) in [6.45, 7) is 6.91. The molecule has 24 heavy (non-hydrogen) atoms. The molecule has 7 heteroatoms. The van der Waals surface area contributed by atoms with Crippen LogP contribution in [-0.4, -0.2) is 49.5 Å². The molecule has 0 N–H and O–H groups in total. The Labute approximate surface area is 143 Å². The number of likely N-dealkylation sites (N-methyl/N-ethyl adjacent to an activating group) is 1. The Balaban J connectivity index is 1.91. The molecule has 0 spiro atoms. The summed E-state index contributed by atoms with van der Waals surface area (Å²) in [5.74, 6) is 0.346. The second kappa shape index (κ2) is 6.31. The van der Waals surface area contributed by atoms with E-state index in [1.807, 2.05) is 14.0 Å². The van der Waals surface area contributed by atoms with E-state index in [1.54, 1.807) is 18.2 Å². The first-order chi connectivity index (χ1) is 11.3. The highest BCUT2D eigenvalue weighted by atomic mass is 32.2. The van der Waals surface area contributed by atoms with Gasteiger partial charge in [-0.1, -0.05) is 35.0 Å². The highest BCUT2D eigenvalue weighted by Gasteiger charge is 2.36. The van der Waals surface area contributed by atoms with E-state index < -0.39 is 10.0 Å². The van der Waals surface area contributed by atoms with Crippen molar-refractivity contribution in [3.63, 3.8) is 0 Å². The summed E-state index contributed by atoms with van der Waals surface area (Å²) < 4.78 is 32.7. The molecule has 0 saturated carbocycles. The summed E-state index contributed by atoms with van der Waals surface area (Å²) in [5, 5.41) is 3.79. The smallest absolute Gasteiger partial charge is 0.248 e. The molecular weight excluding hydrogens is 326 g/mol. The molecule has 130 valence electrons. The molecule has 1 fully saturated rings. The first-order valence-corrected chi connectivity index (χ1v) is 9.44. The molecule has 2 aromatic rings. The van der Waals surface area contributed by atoms with Gasteiger partial charge in [0.25, 0.3) is 0 Å². The molecule has 0 bridgehead atoms. The lowest BCUT2D eigenvalue weighted by molar-refractivity contribution is 0.148. The van der Waals surface area contributed by atoms with Crippen molar-refractivity contribution >= 4 is 10.0 Å². The van der Waals surface area contributed by atoms with Gasteiger partial charge in [-0.05, 0) is 33.4 Å². The summed E-state index contributed by atoms with van der Waals surface area (Å²) in [6, 6.07) is 8.30. The zero-order valence-corrected chi connectivity index (χ0v) is 15.3. The molecule has 1 atom stereocenters. The van der Waals surface area contributed by atoms with E-state index in [2.05, 4.69) is 34.3 Å². The Hall–Kier alpha value is -1.70. The van der Waals surface area contributed by atoms with Crippen molar-refractivity contribution in [1.82, 2.24) is 14.4 Å². The number of piperazine rings is 1. The van der Waals surface area contributed by atoms with Crippen LogP contribution in [0.25, 0.3) is 0 Å². The maximum atomic E-state index is 13.0. The van der Waals surface area contributed by atoms with Crippen molar-refractivity contribution in [2.24, 2.45) is 0 Å². The molecule has 1 aromatic carbocycles. The van der Waals surface area contributed by atoms with E-state index in [-0.39, 0.29) is 10.9 Å². The summed E-state index contributed by atoms with van der Waals surface area (Å²) >= 11 is 0. The van der Waals surface area contributed by atoms with E-state index >= 15 is 0 Å². The maximum absolute atomic E-state index is 13.0. The lowest BCUT2D eigenvalue weighted by Gasteiger charge is -2.39. The van der Waals surface area contributed by atoms with Gasteiger partial charge in [-0.15, -0.1) is 0 Å². The number of rotatable bonds is 3. The van der Waals surface area contributed by atoms with Crippen LogP contribution in [0.5, 0.6) is 0 Å². The summed E-state index contributed by atoms with van der Waals surface area (Å²) in [6.07, 6.45) is 0. The van der Waals surface area contributed by atoms with Crippen LogP contribution in [-0.2, 0) is 10.0 Å². The van der Waals surface area contributed by atoms with Crippen LogP contribution in [0, 0.1) is 20.8 Å². The Morgan fingerprint density at radius 1 is 1.12 bits per heavy atom. The van der Waals surface area contributed by atoms with Crippen molar-refractivity contribution in [3.8, 4) is 0 Å². The van der Waals surface area contributed by atoms with Crippen molar-refractivity contribution in [2.45, 2.75) is 31.7 Å². The Bertz CT molecular complexity index is 808. The number of sulfonamides is 1. The van der Waals surface area contributed by atoms with Gasteiger partial charge in [0.2, 0.25) is 10.0 Å². The standard InChI is InChI=1S/C17H23N3O3S/c1-12-5-7-15(8-6-12)16-11-20(10-9-19(16)4)24(21,22)17-13(2)18-23-14(17)3/h5-8,16H,9-11H2,1-4H3. The van der Waals surface area contributed by atoms with Crippen LogP contribution in [0.3, 0.4) is 0 Å². The zero-order valence-electron chi connectivity index (χ0n) is 14.5. The molecule has 0 aliphatic carbocycles. The fourth-order valence-corrected chi connectivity index (χ4v) is 4.92. The van der Waals surface area contributed by atoms with Crippen molar-refractivity contribution < 1.29 is 12.9 Å². The largest absolute Gasteiger partial charge is 0.360 e. The van der Waals surface area contributed by atoms with E-state index in [1.165, 1.54) is 5.56 Å². The monoisotopic (exact) mass is 349 g/mol. The van der Waals surface area contributed by atoms with Crippen LogP contribution < -0.4 is 0 Å². The lowest BCUT2D eigenvalue weighted by Crippen LogP contribution is -2.49. The number of aryl methyl sites for hydroxylation is 3. The first-order valence-electron chi connectivity index (χ1n) is 8.00. The zero-order chi connectivity index (χ0) is 17.5. The van der Waals surface area contributed by atoms with Crippen LogP contribution >= 0.6 is 0 Å². The topological polar surface area (TPSA) is 66.7 Å². The number of hydrogen-bond donors (Lipinski definition) is 0. The molecule has 2 heterocycles. The van der Waals surface area contributed by atoms with Crippen molar-refractivity contribution in [3.05, 3.63) is 46.8 Å². The third-order valence-corrected chi connectivity index (χ3v) is 6.75. The van der Waals surface area contributed by atoms with Crippen LogP contribution in [0.1, 0.15) is 28.6 Å². The van der Waals surface area contributed by atoms with Gasteiger partial charge >= 0.3 is 0 Å². The fraction of sp³-hybridized carbons (Fsp3) is 0.471. The van der Waals surface area contributed by atoms with E-state index in [9.17, 15) is 8.42 Å². The van der Waals surface area contributed by atoms with Gasteiger partial charge in [0.15, 0.2) is 5.76 Å². The van der Waals surface area contributed by atoms with E-state index in [4.69, 9.17) is 4.52 Å². The molecular formula is C17H23N3O3S. The van der Waals surface area contributed by atoms with Gasteiger partial charge in [0.05, 0.1) is 0 Å². The summed E-state index contributed by atoms with van der Waals surface area (Å²) in [5.41, 5.74) is 2.73. The minimum atomic E-state index is -3.60. The van der Waals surface area contributed by atoms with Crippen molar-refractivity contribution in [1.29, 1.82) is 0 Å². The minimum absolute atomic E-state index is 0.0367. The van der Waals surface area contributed by atoms with Gasteiger partial charge < -0.3 is 4.52 Å². The van der Waals surface area contributed by atoms with Crippen LogP contribution in [0.2, 0.25) is 0 Å². The number of benzene rings is 1. The average molecular weight is 349 g/mol. The Morgan fingerprint density at radius 2 is 1.79 bits per heavy atom. The predicted octanol–water partition coefficient (Wildman–Crippen LogP) is 2.28. The number of hydrogen-bond acceptors (Lipinski definition) is 5. The molecule has 0 amide bonds. The van der Waals surface area contributed by atoms with Gasteiger partial charge in [-0.2, -0.15) is 4.31 Å². The molecule has 6 nitrogen and oxygen atoms in total. The van der Waals surface area contributed by atoms with Gasteiger partial charge in [0.1, 0.15) is 10.6 Å². The normalized spacial score (nSPS) is 20.4. The average Bonchev–Trinajstić information content (AvgIpc) is 2.88. The molecule has 1 aliphatic heterocycles. The summed E-state index contributed by atoms with van der Waals surface area (Å²) in [7, 11) is -1.57. The SMILES string of the molecule is Cc1ccc(C2CN(S(=O)(=O)c3c(C)noc3C)CCN2C)cc1. The van der Waals surface area contributed by atoms with Crippen LogP contribution in [0.4, 0.5) is 0 Å². The molecule has 1 saturated heterocycles. The fourth-order valence-electron chi connectivity index (χ4n) is 3.19. The van der Waals surface area contributed by atoms with Gasteiger partial charge in [-0.25, -0.2) is 8.42 Å². The molecule has 1 aromatic heterocycles. The third-order valence-electron chi connectivity index (χ3n) is 4.64. The minimum Gasteiger partial charge on any atom is -0.360 e. The third kappa shape index (κ3) is 2.99. The molecule has 1 unspecified atom stereocenters. The van der Waals surface area contributed by atoms with E-state index in [0.29, 0.717) is 31.1 Å². The first kappa shape index (κ1) is 17.1. The summed E-state index contributed by atoms with van der Waals surface area (Å²) in [4.78, 5) is 2.40. The lowest BCUT2D eigenvalue weighted by atomic mass is 10.0.